The third-order valence-electron chi connectivity index (χ3n) is 2.53. The highest BCUT2D eigenvalue weighted by Gasteiger charge is 2.16. The fraction of sp³-hybridized carbons (Fsp3) is 0.0833. The maximum atomic E-state index is 11.9. The molecule has 1 heterocycles. The molecule has 0 unspecified atom stereocenters. The predicted molar refractivity (Wildman–Crippen MR) is 76.1 cm³/mol. The number of benzene rings is 1. The fourth-order valence-corrected chi connectivity index (χ4v) is 2.31. The Balaban J connectivity index is 2.08. The van der Waals surface area contributed by atoms with Crippen LogP contribution in [-0.2, 0) is 11.2 Å². The highest BCUT2D eigenvalue weighted by molar-refractivity contribution is 7.17. The number of aromatic nitrogens is 1. The Hall–Kier alpha value is -2.81. The molecule has 1 aromatic carbocycles. The van der Waals surface area contributed by atoms with Gasteiger partial charge in [-0.1, -0.05) is 29.5 Å². The first kappa shape index (κ1) is 14.6. The Bertz CT molecular complexity index is 713. The summed E-state index contributed by atoms with van der Waals surface area (Å²) in [6, 6.07) is 5.98. The van der Waals surface area contributed by atoms with Crippen LogP contribution in [0.3, 0.4) is 0 Å². The summed E-state index contributed by atoms with van der Waals surface area (Å²) < 4.78 is 0. The van der Waals surface area contributed by atoms with E-state index in [9.17, 15) is 19.7 Å². The lowest BCUT2D eigenvalue weighted by Gasteiger charge is -2.02. The van der Waals surface area contributed by atoms with E-state index in [0.717, 1.165) is 11.3 Å². The van der Waals surface area contributed by atoms with Crippen LogP contribution in [0, 0.1) is 10.1 Å². The minimum absolute atomic E-state index is 0.121. The van der Waals surface area contributed by atoms with Gasteiger partial charge in [-0.2, -0.15) is 0 Å². The molecule has 2 rings (SSSR count). The fourth-order valence-electron chi connectivity index (χ4n) is 1.62. The minimum atomic E-state index is -0.633. The molecule has 108 valence electrons. The van der Waals surface area contributed by atoms with E-state index in [0.29, 0.717) is 5.56 Å². The quantitative estimate of drug-likeness (QED) is 0.636. The molecule has 9 heteroatoms. The van der Waals surface area contributed by atoms with E-state index in [1.165, 1.54) is 24.4 Å². The van der Waals surface area contributed by atoms with E-state index in [-0.39, 0.29) is 22.1 Å². The number of hydrogen-bond donors (Lipinski definition) is 2. The van der Waals surface area contributed by atoms with Crippen molar-refractivity contribution >= 4 is 34.0 Å². The van der Waals surface area contributed by atoms with Crippen LogP contribution in [0.5, 0.6) is 0 Å². The van der Waals surface area contributed by atoms with Gasteiger partial charge in [0.2, 0.25) is 5.91 Å². The van der Waals surface area contributed by atoms with Crippen LogP contribution in [0.2, 0.25) is 0 Å². The Morgan fingerprint density at radius 3 is 2.71 bits per heavy atom. The average molecular weight is 306 g/mol. The van der Waals surface area contributed by atoms with Crippen molar-refractivity contribution in [2.24, 2.45) is 5.73 Å². The van der Waals surface area contributed by atoms with Crippen LogP contribution in [0.1, 0.15) is 15.2 Å². The second kappa shape index (κ2) is 6.09. The van der Waals surface area contributed by atoms with Crippen LogP contribution in [0.15, 0.2) is 30.5 Å². The molecule has 0 saturated carbocycles. The van der Waals surface area contributed by atoms with Gasteiger partial charge >= 0.3 is 0 Å². The number of primary amides is 1. The zero-order chi connectivity index (χ0) is 15.4. The number of carbonyl (C=O) groups excluding carboxylic acids is 2. The molecule has 0 aliphatic rings. The van der Waals surface area contributed by atoms with Crippen LogP contribution in [-0.4, -0.2) is 21.7 Å². The van der Waals surface area contributed by atoms with Crippen LogP contribution >= 0.6 is 11.3 Å². The van der Waals surface area contributed by atoms with Gasteiger partial charge in [-0.05, 0) is 0 Å². The molecule has 0 aliphatic heterocycles. The molecule has 0 fully saturated rings. The number of amides is 2. The summed E-state index contributed by atoms with van der Waals surface area (Å²) in [5, 5.41) is 13.5. The highest BCUT2D eigenvalue weighted by Crippen LogP contribution is 2.20. The van der Waals surface area contributed by atoms with E-state index in [1.807, 2.05) is 0 Å². The molecule has 3 N–H and O–H groups in total. The van der Waals surface area contributed by atoms with Gasteiger partial charge < -0.3 is 11.1 Å². The Labute approximate surface area is 122 Å². The van der Waals surface area contributed by atoms with Crippen LogP contribution in [0.4, 0.5) is 10.8 Å². The number of hydrogen-bond acceptors (Lipinski definition) is 6. The molecular formula is C12H10N4O4S. The predicted octanol–water partition coefficient (Wildman–Crippen LogP) is 1.33. The van der Waals surface area contributed by atoms with Crippen molar-refractivity contribution in [2.75, 3.05) is 5.32 Å². The molecule has 8 nitrogen and oxygen atoms in total. The summed E-state index contributed by atoms with van der Waals surface area (Å²) in [5.41, 5.74) is 5.26. The lowest BCUT2D eigenvalue weighted by Crippen LogP contribution is -2.15. The van der Waals surface area contributed by atoms with Gasteiger partial charge in [0.15, 0.2) is 5.13 Å². The van der Waals surface area contributed by atoms with Gasteiger partial charge in [0, 0.05) is 11.6 Å². The lowest BCUT2D eigenvalue weighted by atomic mass is 10.1. The topological polar surface area (TPSA) is 128 Å². The van der Waals surface area contributed by atoms with E-state index in [2.05, 4.69) is 10.3 Å². The molecule has 2 amide bonds. The molecule has 21 heavy (non-hydrogen) atoms. The molecule has 0 spiro atoms. The molecule has 0 atom stereocenters. The minimum Gasteiger partial charge on any atom is -0.365 e. The third-order valence-corrected chi connectivity index (χ3v) is 3.46. The number of nitrogens with one attached hydrogen (secondary N) is 1. The molecule has 0 bridgehead atoms. The summed E-state index contributed by atoms with van der Waals surface area (Å²) in [7, 11) is 0. The normalized spacial score (nSPS) is 10.1. The SMILES string of the molecule is NC(=O)c1cnc(NC(=O)Cc2ccccc2[N+](=O)[O-])s1. The van der Waals surface area contributed by atoms with Gasteiger partial charge in [0.1, 0.15) is 4.88 Å². The number of nitrogens with two attached hydrogens (primary N) is 1. The first-order chi connectivity index (χ1) is 9.97. The van der Waals surface area contributed by atoms with Crippen LogP contribution in [0.25, 0.3) is 0 Å². The van der Waals surface area contributed by atoms with Crippen molar-refractivity contribution in [3.63, 3.8) is 0 Å². The summed E-state index contributed by atoms with van der Waals surface area (Å²) in [6.07, 6.45) is 1.09. The number of rotatable bonds is 5. The zero-order valence-electron chi connectivity index (χ0n) is 10.6. The van der Waals surface area contributed by atoms with Crippen molar-refractivity contribution in [3.05, 3.63) is 51.0 Å². The summed E-state index contributed by atoms with van der Waals surface area (Å²) in [5.74, 6) is -1.10. The number of nitrogens with zero attached hydrogens (tertiary/aromatic N) is 2. The van der Waals surface area contributed by atoms with Crippen molar-refractivity contribution in [1.82, 2.24) is 4.98 Å². The highest BCUT2D eigenvalue weighted by atomic mass is 32.1. The first-order valence-electron chi connectivity index (χ1n) is 5.75. The Morgan fingerprint density at radius 2 is 2.10 bits per heavy atom. The van der Waals surface area contributed by atoms with Gasteiger partial charge in [-0.25, -0.2) is 4.98 Å². The van der Waals surface area contributed by atoms with Gasteiger partial charge in [-0.15, -0.1) is 0 Å². The Kier molecular flexibility index (Phi) is 4.24. The number of thiazole rings is 1. The molecule has 0 radical (unpaired) electrons. The number of carbonyl (C=O) groups is 2. The van der Waals surface area contributed by atoms with E-state index in [4.69, 9.17) is 5.73 Å². The van der Waals surface area contributed by atoms with Gasteiger partial charge in [0.25, 0.3) is 11.6 Å². The number of anilines is 1. The summed E-state index contributed by atoms with van der Waals surface area (Å²) >= 11 is 0.939. The summed E-state index contributed by atoms with van der Waals surface area (Å²) in [4.78, 5) is 37.1. The number of nitro groups is 1. The molecule has 1 aromatic heterocycles. The number of para-hydroxylation sites is 1. The number of nitro benzene ring substituents is 1. The van der Waals surface area contributed by atoms with Crippen LogP contribution < -0.4 is 11.1 Å². The third kappa shape index (κ3) is 3.60. The first-order valence-corrected chi connectivity index (χ1v) is 6.57. The smallest absolute Gasteiger partial charge is 0.273 e. The van der Waals surface area contributed by atoms with Crippen molar-refractivity contribution in [2.45, 2.75) is 6.42 Å². The standard InChI is InChI=1S/C12H10N4O4S/c13-11(18)9-6-14-12(21-9)15-10(17)5-7-3-1-2-4-8(7)16(19)20/h1-4,6H,5H2,(H2,13,18)(H,14,15,17). The lowest BCUT2D eigenvalue weighted by molar-refractivity contribution is -0.385. The van der Waals surface area contributed by atoms with Gasteiger partial charge in [-0.3, -0.25) is 19.7 Å². The van der Waals surface area contributed by atoms with E-state index >= 15 is 0 Å². The van der Waals surface area contributed by atoms with Crippen molar-refractivity contribution in [3.8, 4) is 0 Å². The average Bonchev–Trinajstić information content (AvgIpc) is 2.87. The maximum Gasteiger partial charge on any atom is 0.273 e. The second-order valence-electron chi connectivity index (χ2n) is 4.00. The summed E-state index contributed by atoms with van der Waals surface area (Å²) in [6.45, 7) is 0. The van der Waals surface area contributed by atoms with E-state index in [1.54, 1.807) is 6.07 Å². The van der Waals surface area contributed by atoms with Crippen molar-refractivity contribution in [1.29, 1.82) is 0 Å². The van der Waals surface area contributed by atoms with Crippen molar-refractivity contribution < 1.29 is 14.5 Å². The molecule has 0 saturated heterocycles. The maximum absolute atomic E-state index is 11.9. The van der Waals surface area contributed by atoms with E-state index < -0.39 is 16.7 Å². The molecule has 2 aromatic rings. The Morgan fingerprint density at radius 1 is 1.38 bits per heavy atom. The molecule has 0 aliphatic carbocycles. The largest absolute Gasteiger partial charge is 0.365 e. The molecular weight excluding hydrogens is 296 g/mol. The zero-order valence-corrected chi connectivity index (χ0v) is 11.4. The van der Waals surface area contributed by atoms with Gasteiger partial charge in [0.05, 0.1) is 17.5 Å². The second-order valence-corrected chi connectivity index (χ2v) is 5.04. The monoisotopic (exact) mass is 306 g/mol.